The first-order valence-corrected chi connectivity index (χ1v) is 19.4. The van der Waals surface area contributed by atoms with Crippen LogP contribution in [0.25, 0.3) is 44.4 Å². The summed E-state index contributed by atoms with van der Waals surface area (Å²) in [4.78, 5) is 4.80. The van der Waals surface area contributed by atoms with E-state index in [0.717, 1.165) is 64.6 Å². The number of pyridine rings is 1. The molecule has 0 fully saturated rings. The molecule has 0 aliphatic heterocycles. The van der Waals surface area contributed by atoms with Crippen LogP contribution in [-0.4, -0.2) is 19.3 Å². The van der Waals surface area contributed by atoms with Gasteiger partial charge in [0.2, 0.25) is 0 Å². The van der Waals surface area contributed by atoms with Gasteiger partial charge >= 0.3 is 21.1 Å². The van der Waals surface area contributed by atoms with Crippen molar-refractivity contribution in [3.63, 3.8) is 0 Å². The number of nitrogens with zero attached hydrogens (tertiary/aromatic N) is 4. The molecule has 7 rings (SSSR count). The van der Waals surface area contributed by atoms with Gasteiger partial charge in [-0.3, -0.25) is 4.68 Å². The molecular formula is C48H52N4OPt. The standard InChI is InChI=1S/C48H52N4O.Pt/c1-10-15-31(5)46-34(8)33(7)35(9)47(32(6)16-11-2)48(46)37-28-50-51(29-37)38-17-14-18-39(26-38)53-40-21-22-42-41-19-12-13-20-43(41)52(44(42)27-40)45-25-36(30(3)4)23-24-49-45;/h12-14,17-25,28-32H,10-11,15-16H2,1-9H3;/q-2;+2. The first-order valence-electron chi connectivity index (χ1n) is 19.4. The van der Waals surface area contributed by atoms with E-state index >= 15 is 0 Å². The number of fused-ring (bicyclic) bond motifs is 3. The topological polar surface area (TPSA) is 44.9 Å². The van der Waals surface area contributed by atoms with Gasteiger partial charge in [0.25, 0.3) is 0 Å². The van der Waals surface area contributed by atoms with Gasteiger partial charge < -0.3 is 9.30 Å². The van der Waals surface area contributed by atoms with Crippen molar-refractivity contribution in [2.24, 2.45) is 0 Å². The van der Waals surface area contributed by atoms with E-state index in [-0.39, 0.29) is 21.1 Å². The van der Waals surface area contributed by atoms with Crippen LogP contribution in [0, 0.1) is 32.9 Å². The molecule has 54 heavy (non-hydrogen) atoms. The largest absolute Gasteiger partial charge is 2.00 e. The quantitative estimate of drug-likeness (QED) is 0.115. The van der Waals surface area contributed by atoms with Gasteiger partial charge in [-0.2, -0.15) is 17.2 Å². The van der Waals surface area contributed by atoms with Crippen LogP contribution < -0.4 is 4.74 Å². The van der Waals surface area contributed by atoms with Crippen LogP contribution in [0.4, 0.5) is 0 Å². The summed E-state index contributed by atoms with van der Waals surface area (Å²) in [6.45, 7) is 20.7. The van der Waals surface area contributed by atoms with Crippen molar-refractivity contribution >= 4 is 21.8 Å². The summed E-state index contributed by atoms with van der Waals surface area (Å²) in [6.07, 6.45) is 10.7. The molecule has 0 bridgehead atoms. The van der Waals surface area contributed by atoms with Crippen LogP contribution in [0.15, 0.2) is 85.3 Å². The monoisotopic (exact) mass is 895 g/mol. The maximum Gasteiger partial charge on any atom is 2.00 e. The third-order valence-corrected chi connectivity index (χ3v) is 11.2. The van der Waals surface area contributed by atoms with Crippen molar-refractivity contribution in [3.8, 4) is 34.1 Å². The number of hydrogen-bond donors (Lipinski definition) is 0. The molecule has 0 aliphatic rings. The molecule has 6 heteroatoms. The Bertz CT molecular complexity index is 2380. The minimum Gasteiger partial charge on any atom is -0.509 e. The summed E-state index contributed by atoms with van der Waals surface area (Å²) in [5.41, 5.74) is 13.8. The Balaban J connectivity index is 0.00000497. The molecule has 2 atom stereocenters. The summed E-state index contributed by atoms with van der Waals surface area (Å²) < 4.78 is 10.6. The molecule has 4 aromatic carbocycles. The number of para-hydroxylation sites is 1. The Kier molecular flexibility index (Phi) is 12.0. The van der Waals surface area contributed by atoms with Crippen LogP contribution in [0.3, 0.4) is 0 Å². The second-order valence-corrected chi connectivity index (χ2v) is 15.2. The molecule has 0 aliphatic carbocycles. The third kappa shape index (κ3) is 7.32. The molecule has 3 heterocycles. The average Bonchev–Trinajstić information content (AvgIpc) is 3.77. The summed E-state index contributed by atoms with van der Waals surface area (Å²) in [5.74, 6) is 3.40. The average molecular weight is 896 g/mol. The molecule has 0 radical (unpaired) electrons. The van der Waals surface area contributed by atoms with Gasteiger partial charge in [-0.15, -0.1) is 35.7 Å². The van der Waals surface area contributed by atoms with Crippen LogP contribution in [0.5, 0.6) is 11.5 Å². The summed E-state index contributed by atoms with van der Waals surface area (Å²) >= 11 is 0. The molecular weight excluding hydrogens is 844 g/mol. The fraction of sp³-hybridized carbons (Fsp3) is 0.333. The molecule has 7 aromatic rings. The Morgan fingerprint density at radius 2 is 1.43 bits per heavy atom. The van der Waals surface area contributed by atoms with Gasteiger partial charge in [-0.1, -0.05) is 78.1 Å². The summed E-state index contributed by atoms with van der Waals surface area (Å²) in [6, 6.07) is 29.9. The number of rotatable bonds is 12. The summed E-state index contributed by atoms with van der Waals surface area (Å²) in [7, 11) is 0. The fourth-order valence-electron chi connectivity index (χ4n) is 8.32. The van der Waals surface area contributed by atoms with E-state index in [1.807, 2.05) is 41.3 Å². The Morgan fingerprint density at radius 3 is 2.11 bits per heavy atom. The number of benzene rings is 4. The SMILES string of the molecule is CCCC(C)c1c(C)c(C)c(C)c(C(C)CCC)c1-c1cnn(-c2[c-]c(Oc3[c-]c4c(cc3)c3ccccc3n4-c3cc(C(C)C)ccn3)ccc2)c1.[Pt+2]. The number of ether oxygens (including phenoxy) is 1. The van der Waals surface area contributed by atoms with Gasteiger partial charge in [0.1, 0.15) is 5.82 Å². The van der Waals surface area contributed by atoms with Gasteiger partial charge in [0.05, 0.1) is 6.20 Å². The Hall–Kier alpha value is -4.47. The van der Waals surface area contributed by atoms with Crippen molar-refractivity contribution in [3.05, 3.63) is 131 Å². The van der Waals surface area contributed by atoms with Gasteiger partial charge in [0.15, 0.2) is 0 Å². The molecule has 2 unspecified atom stereocenters. The molecule has 3 aromatic heterocycles. The predicted molar refractivity (Wildman–Crippen MR) is 220 cm³/mol. The maximum atomic E-state index is 6.50. The van der Waals surface area contributed by atoms with E-state index in [2.05, 4.69) is 128 Å². The van der Waals surface area contributed by atoms with Gasteiger partial charge in [-0.25, -0.2) is 4.98 Å². The Morgan fingerprint density at radius 1 is 0.741 bits per heavy atom. The third-order valence-electron chi connectivity index (χ3n) is 11.2. The predicted octanol–water partition coefficient (Wildman–Crippen LogP) is 13.3. The molecule has 0 saturated heterocycles. The molecule has 0 N–H and O–H groups in total. The van der Waals surface area contributed by atoms with Crippen molar-refractivity contribution in [1.29, 1.82) is 0 Å². The zero-order valence-electron chi connectivity index (χ0n) is 33.2. The Labute approximate surface area is 336 Å². The van der Waals surface area contributed by atoms with Crippen molar-refractivity contribution in [2.75, 3.05) is 0 Å². The van der Waals surface area contributed by atoms with E-state index in [0.29, 0.717) is 29.3 Å². The van der Waals surface area contributed by atoms with E-state index in [1.165, 1.54) is 38.9 Å². The minimum absolute atomic E-state index is 0. The molecule has 0 saturated carbocycles. The number of aromatic nitrogens is 4. The minimum atomic E-state index is 0. The fourth-order valence-corrected chi connectivity index (χ4v) is 8.32. The van der Waals surface area contributed by atoms with Gasteiger partial charge in [0, 0.05) is 35.0 Å². The normalized spacial score (nSPS) is 12.7. The van der Waals surface area contributed by atoms with Crippen LogP contribution in [0.2, 0.25) is 0 Å². The first kappa shape index (κ1) is 39.2. The van der Waals surface area contributed by atoms with Gasteiger partial charge in [-0.05, 0) is 120 Å². The van der Waals surface area contributed by atoms with Crippen LogP contribution >= 0.6 is 0 Å². The van der Waals surface area contributed by atoms with Crippen molar-refractivity contribution in [2.45, 2.75) is 106 Å². The summed E-state index contributed by atoms with van der Waals surface area (Å²) in [5, 5.41) is 7.19. The van der Waals surface area contributed by atoms with Crippen LogP contribution in [-0.2, 0) is 21.1 Å². The first-order chi connectivity index (χ1) is 25.6. The second kappa shape index (κ2) is 16.5. The number of hydrogen-bond acceptors (Lipinski definition) is 3. The van der Waals surface area contributed by atoms with E-state index in [1.54, 1.807) is 0 Å². The van der Waals surface area contributed by atoms with E-state index < -0.39 is 0 Å². The van der Waals surface area contributed by atoms with E-state index in [4.69, 9.17) is 14.8 Å². The molecule has 5 nitrogen and oxygen atoms in total. The second-order valence-electron chi connectivity index (χ2n) is 15.2. The zero-order valence-corrected chi connectivity index (χ0v) is 35.4. The van der Waals surface area contributed by atoms with Crippen LogP contribution in [0.1, 0.15) is 118 Å². The maximum absolute atomic E-state index is 6.50. The smallest absolute Gasteiger partial charge is 0.509 e. The molecule has 280 valence electrons. The molecule has 0 spiro atoms. The van der Waals surface area contributed by atoms with E-state index in [9.17, 15) is 0 Å². The van der Waals surface area contributed by atoms with Crippen molar-refractivity contribution < 1.29 is 25.8 Å². The zero-order chi connectivity index (χ0) is 37.4. The molecule has 0 amide bonds. The van der Waals surface area contributed by atoms with Crippen molar-refractivity contribution in [1.82, 2.24) is 19.3 Å².